The van der Waals surface area contributed by atoms with Crippen LogP contribution >= 0.6 is 0 Å². The van der Waals surface area contributed by atoms with E-state index >= 15 is 0 Å². The van der Waals surface area contributed by atoms with Crippen molar-refractivity contribution in [1.82, 2.24) is 15.1 Å². The molecule has 67 heavy (non-hydrogen) atoms. The van der Waals surface area contributed by atoms with E-state index in [1.54, 1.807) is 0 Å². The number of carbonyl (C=O) groups excluding carboxylic acids is 1. The minimum atomic E-state index is 0.314. The lowest BCUT2D eigenvalue weighted by atomic mass is 9.45. The van der Waals surface area contributed by atoms with Gasteiger partial charge in [-0.25, -0.2) is 0 Å². The molecule has 0 aliphatic heterocycles. The molecule has 7 atom stereocenters. The quantitative estimate of drug-likeness (QED) is 0.0619. The molecule has 4 heteroatoms. The second-order valence-corrected chi connectivity index (χ2v) is 24.7. The standard InChI is InChI=1S/C63H121N3O/c1-6-9-12-15-18-21-24-27-30-35-50-65(51-36-31-28-25-22-19-16-13-10-7-2)54-55-66(52-37-32-29-26-23-20-17-14-11-8-3)53-49-64-61(67)41-38-40-57-43-45-59-58-44-42-56-39-33-34-47-62(56,4)60(58)46-48-63(57,59)5/h56-60H,6-55H2,1-5H3,(H,64,67). The highest BCUT2D eigenvalue weighted by Crippen LogP contribution is 2.68. The van der Waals surface area contributed by atoms with Gasteiger partial charge in [0, 0.05) is 32.6 Å². The van der Waals surface area contributed by atoms with Gasteiger partial charge in [-0.3, -0.25) is 4.79 Å². The number of rotatable bonds is 43. The average molecular weight is 937 g/mol. The average Bonchev–Trinajstić information content (AvgIpc) is 3.67. The van der Waals surface area contributed by atoms with Gasteiger partial charge in [-0.05, 0) is 144 Å². The summed E-state index contributed by atoms with van der Waals surface area (Å²) in [5.74, 6) is 5.10. The van der Waals surface area contributed by atoms with Crippen LogP contribution in [0.1, 0.15) is 311 Å². The van der Waals surface area contributed by atoms with Crippen LogP contribution in [-0.2, 0) is 4.79 Å². The van der Waals surface area contributed by atoms with E-state index in [4.69, 9.17) is 0 Å². The Balaban J connectivity index is 1.20. The number of nitrogens with zero attached hydrogens (tertiary/aromatic N) is 2. The Morgan fingerprint density at radius 2 is 0.881 bits per heavy atom. The second kappa shape index (κ2) is 36.3. The Labute approximate surface area is 421 Å². The summed E-state index contributed by atoms with van der Waals surface area (Å²) in [6, 6.07) is 0. The number of amides is 1. The molecule has 4 saturated carbocycles. The van der Waals surface area contributed by atoms with Crippen LogP contribution in [0.4, 0.5) is 0 Å². The van der Waals surface area contributed by atoms with E-state index in [1.807, 2.05) is 0 Å². The molecule has 1 amide bonds. The monoisotopic (exact) mass is 936 g/mol. The first-order valence-corrected chi connectivity index (χ1v) is 31.6. The van der Waals surface area contributed by atoms with Crippen LogP contribution in [0.5, 0.6) is 0 Å². The van der Waals surface area contributed by atoms with Crippen molar-refractivity contribution in [2.24, 2.45) is 40.4 Å². The van der Waals surface area contributed by atoms with Crippen molar-refractivity contribution in [3.63, 3.8) is 0 Å². The van der Waals surface area contributed by atoms with Crippen molar-refractivity contribution in [3.05, 3.63) is 0 Å². The number of nitrogens with one attached hydrogen (secondary N) is 1. The fourth-order valence-electron chi connectivity index (χ4n) is 15.3. The predicted molar refractivity (Wildman–Crippen MR) is 295 cm³/mol. The van der Waals surface area contributed by atoms with Crippen LogP contribution in [0, 0.1) is 40.4 Å². The van der Waals surface area contributed by atoms with Gasteiger partial charge in [0.2, 0.25) is 5.91 Å². The maximum Gasteiger partial charge on any atom is 0.220 e. The molecule has 0 spiro atoms. The third-order valence-corrected chi connectivity index (χ3v) is 19.7. The van der Waals surface area contributed by atoms with E-state index in [0.717, 1.165) is 62.1 Å². The van der Waals surface area contributed by atoms with E-state index in [9.17, 15) is 4.79 Å². The van der Waals surface area contributed by atoms with Crippen LogP contribution in [0.25, 0.3) is 0 Å². The molecule has 0 heterocycles. The number of carbonyl (C=O) groups is 1. The molecule has 4 fully saturated rings. The third-order valence-electron chi connectivity index (χ3n) is 19.7. The smallest absolute Gasteiger partial charge is 0.220 e. The van der Waals surface area contributed by atoms with Gasteiger partial charge in [0.1, 0.15) is 0 Å². The Bertz CT molecular complexity index is 1170. The summed E-state index contributed by atoms with van der Waals surface area (Å²) >= 11 is 0. The van der Waals surface area contributed by atoms with Gasteiger partial charge in [0.05, 0.1) is 0 Å². The zero-order valence-corrected chi connectivity index (χ0v) is 46.5. The molecule has 4 rings (SSSR count). The molecule has 0 radical (unpaired) electrons. The zero-order valence-electron chi connectivity index (χ0n) is 46.5. The predicted octanol–water partition coefficient (Wildman–Crippen LogP) is 18.7. The van der Waals surface area contributed by atoms with E-state index in [-0.39, 0.29) is 0 Å². The first-order chi connectivity index (χ1) is 32.9. The second-order valence-electron chi connectivity index (χ2n) is 24.7. The lowest BCUT2D eigenvalue weighted by Gasteiger charge is -2.60. The van der Waals surface area contributed by atoms with Crippen LogP contribution < -0.4 is 5.32 Å². The Hall–Kier alpha value is -0.610. The van der Waals surface area contributed by atoms with Crippen LogP contribution in [0.2, 0.25) is 0 Å². The Morgan fingerprint density at radius 3 is 1.37 bits per heavy atom. The van der Waals surface area contributed by atoms with Gasteiger partial charge in [0.25, 0.3) is 0 Å². The minimum absolute atomic E-state index is 0.314. The molecular weight excluding hydrogens is 815 g/mol. The summed E-state index contributed by atoms with van der Waals surface area (Å²) in [4.78, 5) is 19.0. The topological polar surface area (TPSA) is 35.6 Å². The lowest BCUT2D eigenvalue weighted by molar-refractivity contribution is -0.121. The van der Waals surface area contributed by atoms with Gasteiger partial charge in [0.15, 0.2) is 0 Å². The van der Waals surface area contributed by atoms with Crippen LogP contribution in [0.3, 0.4) is 0 Å². The fourth-order valence-corrected chi connectivity index (χ4v) is 15.3. The zero-order chi connectivity index (χ0) is 47.7. The number of fused-ring (bicyclic) bond motifs is 5. The third kappa shape index (κ3) is 22.4. The van der Waals surface area contributed by atoms with Crippen LogP contribution in [0.15, 0.2) is 0 Å². The van der Waals surface area contributed by atoms with Gasteiger partial charge in [-0.1, -0.05) is 221 Å². The summed E-state index contributed by atoms with van der Waals surface area (Å²) in [7, 11) is 0. The summed E-state index contributed by atoms with van der Waals surface area (Å²) in [5.41, 5.74) is 1.17. The number of unbranched alkanes of at least 4 members (excludes halogenated alkanes) is 27. The van der Waals surface area contributed by atoms with E-state index < -0.39 is 0 Å². The normalized spacial score (nSPS) is 26.0. The highest BCUT2D eigenvalue weighted by atomic mass is 16.1. The van der Waals surface area contributed by atoms with Crippen molar-refractivity contribution in [3.8, 4) is 0 Å². The number of hydrogen-bond acceptors (Lipinski definition) is 3. The Morgan fingerprint density at radius 1 is 0.433 bits per heavy atom. The maximum absolute atomic E-state index is 13.4. The van der Waals surface area contributed by atoms with Gasteiger partial charge in [-0.2, -0.15) is 0 Å². The van der Waals surface area contributed by atoms with E-state index in [1.165, 1.54) is 289 Å². The summed E-state index contributed by atoms with van der Waals surface area (Å²) in [5, 5.41) is 3.45. The largest absolute Gasteiger partial charge is 0.355 e. The minimum Gasteiger partial charge on any atom is -0.355 e. The van der Waals surface area contributed by atoms with E-state index in [0.29, 0.717) is 16.7 Å². The van der Waals surface area contributed by atoms with Gasteiger partial charge >= 0.3 is 0 Å². The SMILES string of the molecule is CCCCCCCCCCCCN(CCCCCCCCCCCC)CCN(CCCCCCCCCCCC)CCNC(=O)CCCC1CCC2C3CCC4CCCCC4(C)C3CCC12C. The van der Waals surface area contributed by atoms with Crippen LogP contribution in [-0.4, -0.2) is 61.5 Å². The molecule has 4 nitrogen and oxygen atoms in total. The molecule has 0 bridgehead atoms. The molecule has 7 unspecified atom stereocenters. The van der Waals surface area contributed by atoms with Gasteiger partial charge < -0.3 is 15.1 Å². The van der Waals surface area contributed by atoms with Crippen molar-refractivity contribution >= 4 is 5.91 Å². The highest BCUT2D eigenvalue weighted by Gasteiger charge is 2.59. The van der Waals surface area contributed by atoms with Crippen molar-refractivity contribution in [2.45, 2.75) is 311 Å². The lowest BCUT2D eigenvalue weighted by Crippen LogP contribution is -2.52. The van der Waals surface area contributed by atoms with E-state index in [2.05, 4.69) is 49.7 Å². The number of hydrogen-bond donors (Lipinski definition) is 1. The maximum atomic E-state index is 13.4. The summed E-state index contributed by atoms with van der Waals surface area (Å²) < 4.78 is 0. The van der Waals surface area contributed by atoms with Crippen molar-refractivity contribution in [2.75, 3.05) is 45.8 Å². The first-order valence-electron chi connectivity index (χ1n) is 31.6. The summed E-state index contributed by atoms with van der Waals surface area (Å²) in [6.07, 6.45) is 60.3. The molecule has 0 aromatic carbocycles. The molecule has 4 aliphatic rings. The fraction of sp³-hybridized carbons (Fsp3) is 0.984. The molecule has 0 aromatic heterocycles. The molecule has 394 valence electrons. The highest BCUT2D eigenvalue weighted by molar-refractivity contribution is 5.75. The molecule has 1 N–H and O–H groups in total. The Kier molecular flexibility index (Phi) is 32.0. The molecule has 0 aromatic rings. The molecule has 4 aliphatic carbocycles. The molecule has 0 saturated heterocycles. The van der Waals surface area contributed by atoms with Crippen molar-refractivity contribution < 1.29 is 4.79 Å². The van der Waals surface area contributed by atoms with Crippen molar-refractivity contribution in [1.29, 1.82) is 0 Å². The first kappa shape index (κ1) is 59.0. The molecular formula is C63H121N3O. The summed E-state index contributed by atoms with van der Waals surface area (Å²) in [6.45, 7) is 20.3. The van der Waals surface area contributed by atoms with Gasteiger partial charge in [-0.15, -0.1) is 0 Å².